The van der Waals surface area contributed by atoms with Crippen LogP contribution in [-0.4, -0.2) is 54.3 Å². The van der Waals surface area contributed by atoms with Gasteiger partial charge in [0.05, 0.1) is 13.2 Å². The van der Waals surface area contributed by atoms with Crippen molar-refractivity contribution in [2.24, 2.45) is 0 Å². The molecule has 0 radical (unpaired) electrons. The predicted molar refractivity (Wildman–Crippen MR) is 70.8 cm³/mol. The summed E-state index contributed by atoms with van der Waals surface area (Å²) in [5.41, 5.74) is 5.76. The highest BCUT2D eigenvalue weighted by molar-refractivity contribution is 5.43. The number of ether oxygens (including phenoxy) is 1. The summed E-state index contributed by atoms with van der Waals surface area (Å²) in [6.07, 6.45) is 0. The van der Waals surface area contributed by atoms with Crippen LogP contribution in [0.1, 0.15) is 13.8 Å². The number of nitrogen functional groups attached to an aromatic ring is 1. The van der Waals surface area contributed by atoms with Gasteiger partial charge in [0.25, 0.3) is 0 Å². The molecular formula is C11H20N6O. The van der Waals surface area contributed by atoms with Crippen molar-refractivity contribution < 1.29 is 4.74 Å². The minimum absolute atomic E-state index is 0.258. The molecule has 18 heavy (non-hydrogen) atoms. The van der Waals surface area contributed by atoms with E-state index >= 15 is 0 Å². The molecule has 1 aliphatic heterocycles. The molecule has 1 fully saturated rings. The SMILES string of the molecule is CC(C)N(C)c1nc(N)nc(N2CCOCC2)n1. The zero-order valence-electron chi connectivity index (χ0n) is 11.1. The van der Waals surface area contributed by atoms with E-state index in [9.17, 15) is 0 Å². The van der Waals surface area contributed by atoms with Gasteiger partial charge in [-0.15, -0.1) is 0 Å². The molecule has 0 saturated carbocycles. The van der Waals surface area contributed by atoms with Gasteiger partial charge >= 0.3 is 0 Å². The largest absolute Gasteiger partial charge is 0.378 e. The van der Waals surface area contributed by atoms with E-state index in [-0.39, 0.29) is 5.95 Å². The van der Waals surface area contributed by atoms with Crippen LogP contribution in [0.25, 0.3) is 0 Å². The molecule has 7 heteroatoms. The van der Waals surface area contributed by atoms with Gasteiger partial charge in [-0.05, 0) is 13.8 Å². The Morgan fingerprint density at radius 2 is 1.89 bits per heavy atom. The number of anilines is 3. The lowest BCUT2D eigenvalue weighted by molar-refractivity contribution is 0.122. The molecule has 1 saturated heterocycles. The predicted octanol–water partition coefficient (Wildman–Crippen LogP) is 0.135. The topological polar surface area (TPSA) is 80.4 Å². The summed E-state index contributed by atoms with van der Waals surface area (Å²) in [6.45, 7) is 7.12. The highest BCUT2D eigenvalue weighted by Gasteiger charge is 2.17. The van der Waals surface area contributed by atoms with Gasteiger partial charge in [0.2, 0.25) is 17.8 Å². The lowest BCUT2D eigenvalue weighted by Gasteiger charge is -2.28. The van der Waals surface area contributed by atoms with Gasteiger partial charge in [-0.2, -0.15) is 15.0 Å². The standard InChI is InChI=1S/C11H20N6O/c1-8(2)16(3)10-13-9(12)14-11(15-10)17-4-6-18-7-5-17/h8H,4-7H2,1-3H3,(H2,12,13,14,15). The van der Waals surface area contributed by atoms with E-state index in [0.717, 1.165) is 13.1 Å². The zero-order valence-corrected chi connectivity index (χ0v) is 11.1. The molecule has 100 valence electrons. The smallest absolute Gasteiger partial charge is 0.232 e. The third kappa shape index (κ3) is 2.79. The van der Waals surface area contributed by atoms with Crippen molar-refractivity contribution in [3.05, 3.63) is 0 Å². The average molecular weight is 252 g/mol. The molecule has 0 atom stereocenters. The molecule has 0 amide bonds. The molecule has 7 nitrogen and oxygen atoms in total. The summed E-state index contributed by atoms with van der Waals surface area (Å²) in [6, 6.07) is 0.310. The highest BCUT2D eigenvalue weighted by Crippen LogP contribution is 2.16. The molecular weight excluding hydrogens is 232 g/mol. The second kappa shape index (κ2) is 5.34. The Bertz CT molecular complexity index is 405. The van der Waals surface area contributed by atoms with E-state index in [0.29, 0.717) is 31.2 Å². The molecule has 0 unspecified atom stereocenters. The molecule has 2 heterocycles. The second-order valence-electron chi connectivity index (χ2n) is 4.60. The van der Waals surface area contributed by atoms with E-state index in [2.05, 4.69) is 33.7 Å². The molecule has 2 N–H and O–H groups in total. The fourth-order valence-corrected chi connectivity index (χ4v) is 1.66. The quantitative estimate of drug-likeness (QED) is 0.819. The minimum Gasteiger partial charge on any atom is -0.378 e. The van der Waals surface area contributed by atoms with Crippen LogP contribution in [0.4, 0.5) is 17.8 Å². The fourth-order valence-electron chi connectivity index (χ4n) is 1.66. The van der Waals surface area contributed by atoms with E-state index in [1.165, 1.54) is 0 Å². The molecule has 0 aromatic carbocycles. The molecule has 2 rings (SSSR count). The lowest BCUT2D eigenvalue weighted by Crippen LogP contribution is -2.38. The Labute approximate surface area is 107 Å². The van der Waals surface area contributed by atoms with Gasteiger partial charge < -0.3 is 20.3 Å². The van der Waals surface area contributed by atoms with Crippen molar-refractivity contribution in [1.82, 2.24) is 15.0 Å². The third-order valence-corrected chi connectivity index (χ3v) is 3.01. The second-order valence-corrected chi connectivity index (χ2v) is 4.60. The van der Waals surface area contributed by atoms with Gasteiger partial charge in [-0.3, -0.25) is 0 Å². The van der Waals surface area contributed by atoms with Crippen LogP contribution in [0.15, 0.2) is 0 Å². The van der Waals surface area contributed by atoms with E-state index in [1.807, 2.05) is 11.9 Å². The van der Waals surface area contributed by atoms with Crippen molar-refractivity contribution in [3.63, 3.8) is 0 Å². The molecule has 0 spiro atoms. The number of hydrogen-bond donors (Lipinski definition) is 1. The number of hydrogen-bond acceptors (Lipinski definition) is 7. The Kier molecular flexibility index (Phi) is 3.81. The lowest BCUT2D eigenvalue weighted by atomic mass is 10.4. The number of rotatable bonds is 3. The van der Waals surface area contributed by atoms with E-state index in [1.54, 1.807) is 0 Å². The first kappa shape index (κ1) is 12.8. The Balaban J connectivity index is 2.25. The van der Waals surface area contributed by atoms with Crippen LogP contribution < -0.4 is 15.5 Å². The average Bonchev–Trinajstić information content (AvgIpc) is 2.38. The van der Waals surface area contributed by atoms with Crippen LogP contribution in [0.5, 0.6) is 0 Å². The van der Waals surface area contributed by atoms with E-state index < -0.39 is 0 Å². The van der Waals surface area contributed by atoms with Gasteiger partial charge in [-0.25, -0.2) is 0 Å². The van der Waals surface area contributed by atoms with Crippen molar-refractivity contribution in [2.45, 2.75) is 19.9 Å². The van der Waals surface area contributed by atoms with Crippen LogP contribution in [0.2, 0.25) is 0 Å². The van der Waals surface area contributed by atoms with Crippen LogP contribution in [0.3, 0.4) is 0 Å². The van der Waals surface area contributed by atoms with Crippen molar-refractivity contribution >= 4 is 17.8 Å². The zero-order chi connectivity index (χ0) is 13.1. The summed E-state index contributed by atoms with van der Waals surface area (Å²) < 4.78 is 5.31. The Hall–Kier alpha value is -1.63. The molecule has 0 bridgehead atoms. The monoisotopic (exact) mass is 252 g/mol. The van der Waals surface area contributed by atoms with Gasteiger partial charge in [-0.1, -0.05) is 0 Å². The Morgan fingerprint density at radius 1 is 1.22 bits per heavy atom. The van der Waals surface area contributed by atoms with Crippen LogP contribution in [-0.2, 0) is 4.74 Å². The summed E-state index contributed by atoms with van der Waals surface area (Å²) >= 11 is 0. The first-order valence-electron chi connectivity index (χ1n) is 6.15. The summed E-state index contributed by atoms with van der Waals surface area (Å²) in [4.78, 5) is 16.9. The summed E-state index contributed by atoms with van der Waals surface area (Å²) in [7, 11) is 1.95. The van der Waals surface area contributed by atoms with Crippen molar-refractivity contribution in [2.75, 3.05) is 48.9 Å². The van der Waals surface area contributed by atoms with Gasteiger partial charge in [0, 0.05) is 26.2 Å². The minimum atomic E-state index is 0.258. The van der Waals surface area contributed by atoms with Gasteiger partial charge in [0.1, 0.15) is 0 Å². The summed E-state index contributed by atoms with van der Waals surface area (Å²) in [5, 5.41) is 0. The number of morpholine rings is 1. The van der Waals surface area contributed by atoms with Gasteiger partial charge in [0.15, 0.2) is 0 Å². The fraction of sp³-hybridized carbons (Fsp3) is 0.727. The number of aromatic nitrogens is 3. The summed E-state index contributed by atoms with van der Waals surface area (Å²) in [5.74, 6) is 1.50. The molecule has 1 aromatic heterocycles. The highest BCUT2D eigenvalue weighted by atomic mass is 16.5. The first-order valence-corrected chi connectivity index (χ1v) is 6.15. The molecule has 1 aromatic rings. The molecule has 1 aliphatic rings. The molecule has 0 aliphatic carbocycles. The normalized spacial score (nSPS) is 16.1. The maximum atomic E-state index is 5.76. The number of nitrogens with two attached hydrogens (primary N) is 1. The van der Waals surface area contributed by atoms with E-state index in [4.69, 9.17) is 10.5 Å². The van der Waals surface area contributed by atoms with Crippen molar-refractivity contribution in [3.8, 4) is 0 Å². The van der Waals surface area contributed by atoms with Crippen LogP contribution in [0, 0.1) is 0 Å². The number of nitrogens with zero attached hydrogens (tertiary/aromatic N) is 5. The maximum Gasteiger partial charge on any atom is 0.232 e. The maximum absolute atomic E-state index is 5.76. The van der Waals surface area contributed by atoms with Crippen LogP contribution >= 0.6 is 0 Å². The first-order chi connectivity index (χ1) is 8.58. The Morgan fingerprint density at radius 3 is 2.50 bits per heavy atom. The van der Waals surface area contributed by atoms with Crippen molar-refractivity contribution in [1.29, 1.82) is 0 Å². The third-order valence-electron chi connectivity index (χ3n) is 3.01.